The topological polar surface area (TPSA) is 114 Å². The Morgan fingerprint density at radius 2 is 1.41 bits per heavy atom. The molecule has 0 aromatic heterocycles. The van der Waals surface area contributed by atoms with Crippen LogP contribution in [0.4, 0.5) is 4.79 Å². The van der Waals surface area contributed by atoms with Crippen LogP contribution in [0.5, 0.6) is 0 Å². The van der Waals surface area contributed by atoms with Crippen molar-refractivity contribution in [3.63, 3.8) is 0 Å². The molecule has 0 fully saturated rings. The largest absolute Gasteiger partial charge is 0.445 e. The Morgan fingerprint density at radius 1 is 0.824 bits per heavy atom. The second kappa shape index (κ2) is 13.8. The fourth-order valence-electron chi connectivity index (χ4n) is 3.35. The van der Waals surface area contributed by atoms with E-state index in [0.29, 0.717) is 13.0 Å². The van der Waals surface area contributed by atoms with Crippen LogP contribution in [0.15, 0.2) is 60.7 Å². The third kappa shape index (κ3) is 9.05. The Labute approximate surface area is 200 Å². The molecule has 0 aliphatic carbocycles. The van der Waals surface area contributed by atoms with Crippen molar-refractivity contribution >= 4 is 23.7 Å². The lowest BCUT2D eigenvalue weighted by atomic mass is 9.99. The van der Waals surface area contributed by atoms with Gasteiger partial charge in [0.2, 0.25) is 11.7 Å². The van der Waals surface area contributed by atoms with Crippen molar-refractivity contribution in [2.24, 2.45) is 5.92 Å². The van der Waals surface area contributed by atoms with E-state index in [0.717, 1.165) is 11.1 Å². The molecule has 2 aromatic carbocycles. The minimum Gasteiger partial charge on any atom is -0.445 e. The third-order valence-corrected chi connectivity index (χ3v) is 5.01. The minimum atomic E-state index is -1.07. The number of benzene rings is 2. The normalized spacial score (nSPS) is 12.4. The minimum absolute atomic E-state index is 0.0645. The highest BCUT2D eigenvalue weighted by atomic mass is 16.5. The molecule has 3 N–H and O–H groups in total. The van der Waals surface area contributed by atoms with Gasteiger partial charge in [0.05, 0.1) is 0 Å². The molecule has 34 heavy (non-hydrogen) atoms. The second-order valence-electron chi connectivity index (χ2n) is 8.36. The SMILES string of the molecule is CCNC(=O)C(=O)[C@H](Cc1ccccc1)NC(=O)[C@H](CC(C)C)NC(=O)OCc1ccccc1. The average Bonchev–Trinajstić information content (AvgIpc) is 2.82. The zero-order valence-electron chi connectivity index (χ0n) is 19.9. The third-order valence-electron chi connectivity index (χ3n) is 5.01. The molecular weight excluding hydrogens is 434 g/mol. The summed E-state index contributed by atoms with van der Waals surface area (Å²) in [6, 6.07) is 16.3. The Morgan fingerprint density at radius 3 is 1.97 bits per heavy atom. The van der Waals surface area contributed by atoms with Gasteiger partial charge < -0.3 is 20.7 Å². The molecule has 0 aliphatic heterocycles. The lowest BCUT2D eigenvalue weighted by Gasteiger charge is -2.23. The van der Waals surface area contributed by atoms with E-state index in [1.807, 2.05) is 74.5 Å². The zero-order valence-corrected chi connectivity index (χ0v) is 19.9. The van der Waals surface area contributed by atoms with Gasteiger partial charge >= 0.3 is 6.09 Å². The molecule has 0 heterocycles. The van der Waals surface area contributed by atoms with E-state index in [4.69, 9.17) is 4.74 Å². The summed E-state index contributed by atoms with van der Waals surface area (Å²) >= 11 is 0. The number of likely N-dealkylation sites (N-methyl/N-ethyl adjacent to an activating group) is 1. The number of alkyl carbamates (subject to hydrolysis) is 1. The number of nitrogens with one attached hydrogen (secondary N) is 3. The summed E-state index contributed by atoms with van der Waals surface area (Å²) in [5.41, 5.74) is 1.61. The number of Topliss-reactive ketones (excluding diaryl/α,β-unsaturated/α-hetero) is 1. The summed E-state index contributed by atoms with van der Waals surface area (Å²) in [4.78, 5) is 50.4. The second-order valence-corrected chi connectivity index (χ2v) is 8.36. The number of carbonyl (C=O) groups is 4. The summed E-state index contributed by atoms with van der Waals surface area (Å²) in [7, 11) is 0. The van der Waals surface area contributed by atoms with E-state index in [9.17, 15) is 19.2 Å². The van der Waals surface area contributed by atoms with Crippen LogP contribution >= 0.6 is 0 Å². The van der Waals surface area contributed by atoms with Gasteiger partial charge in [-0.2, -0.15) is 0 Å². The predicted octanol–water partition coefficient (Wildman–Crippen LogP) is 2.76. The number of amides is 3. The Kier molecular flexibility index (Phi) is 10.8. The molecule has 2 rings (SSSR count). The summed E-state index contributed by atoms with van der Waals surface area (Å²) in [5, 5.41) is 7.75. The first-order valence-corrected chi connectivity index (χ1v) is 11.4. The van der Waals surface area contributed by atoms with Gasteiger partial charge in [-0.15, -0.1) is 0 Å². The molecule has 0 saturated carbocycles. The van der Waals surface area contributed by atoms with Crippen molar-refractivity contribution in [1.82, 2.24) is 16.0 Å². The monoisotopic (exact) mass is 467 g/mol. The summed E-state index contributed by atoms with van der Waals surface area (Å²) in [6.45, 7) is 5.90. The maximum absolute atomic E-state index is 13.1. The molecule has 0 bridgehead atoms. The van der Waals surface area contributed by atoms with Crippen molar-refractivity contribution in [2.75, 3.05) is 6.54 Å². The Balaban J connectivity index is 2.10. The lowest BCUT2D eigenvalue weighted by molar-refractivity contribution is -0.140. The molecule has 0 saturated heterocycles. The molecule has 0 radical (unpaired) electrons. The highest BCUT2D eigenvalue weighted by molar-refractivity contribution is 6.38. The van der Waals surface area contributed by atoms with E-state index in [1.54, 1.807) is 6.92 Å². The van der Waals surface area contributed by atoms with E-state index in [1.165, 1.54) is 0 Å². The molecule has 0 unspecified atom stereocenters. The van der Waals surface area contributed by atoms with Crippen molar-refractivity contribution in [3.8, 4) is 0 Å². The van der Waals surface area contributed by atoms with E-state index in [-0.39, 0.29) is 18.9 Å². The molecule has 0 aliphatic rings. The smallest absolute Gasteiger partial charge is 0.408 e. The number of ketones is 1. The fourth-order valence-corrected chi connectivity index (χ4v) is 3.35. The van der Waals surface area contributed by atoms with Gasteiger partial charge in [0.15, 0.2) is 0 Å². The van der Waals surface area contributed by atoms with E-state index in [2.05, 4.69) is 16.0 Å². The maximum Gasteiger partial charge on any atom is 0.408 e. The van der Waals surface area contributed by atoms with Gasteiger partial charge in [-0.1, -0.05) is 74.5 Å². The van der Waals surface area contributed by atoms with Crippen LogP contribution in [0, 0.1) is 5.92 Å². The Hall–Kier alpha value is -3.68. The fraction of sp³-hybridized carbons (Fsp3) is 0.385. The van der Waals surface area contributed by atoms with Crippen molar-refractivity contribution in [2.45, 2.75) is 52.3 Å². The zero-order chi connectivity index (χ0) is 24.9. The lowest BCUT2D eigenvalue weighted by Crippen LogP contribution is -2.54. The van der Waals surface area contributed by atoms with Crippen LogP contribution in [-0.4, -0.2) is 42.3 Å². The molecule has 182 valence electrons. The predicted molar refractivity (Wildman–Crippen MR) is 129 cm³/mol. The van der Waals surface area contributed by atoms with Crippen molar-refractivity contribution in [3.05, 3.63) is 71.8 Å². The van der Waals surface area contributed by atoms with Gasteiger partial charge in [-0.25, -0.2) is 4.79 Å². The van der Waals surface area contributed by atoms with Gasteiger partial charge in [0.25, 0.3) is 5.91 Å². The summed E-state index contributed by atoms with van der Waals surface area (Å²) < 4.78 is 5.25. The number of hydrogen-bond acceptors (Lipinski definition) is 5. The summed E-state index contributed by atoms with van der Waals surface area (Å²) in [6.07, 6.45) is -0.256. The van der Waals surface area contributed by atoms with Crippen molar-refractivity contribution in [1.29, 1.82) is 0 Å². The summed E-state index contributed by atoms with van der Waals surface area (Å²) in [5.74, 6) is -1.98. The number of ether oxygens (including phenoxy) is 1. The van der Waals surface area contributed by atoms with Crippen molar-refractivity contribution < 1.29 is 23.9 Å². The first-order valence-electron chi connectivity index (χ1n) is 11.4. The number of rotatable bonds is 12. The number of hydrogen-bond donors (Lipinski definition) is 3. The number of carbonyl (C=O) groups excluding carboxylic acids is 4. The molecule has 0 spiro atoms. The van der Waals surface area contributed by atoms with Crippen LogP contribution in [0.25, 0.3) is 0 Å². The molecule has 8 heteroatoms. The van der Waals surface area contributed by atoms with Gasteiger partial charge in [0.1, 0.15) is 18.7 Å². The van der Waals surface area contributed by atoms with E-state index >= 15 is 0 Å². The Bertz CT molecular complexity index is 947. The first kappa shape index (κ1) is 26.6. The maximum atomic E-state index is 13.1. The molecule has 2 atom stereocenters. The molecular formula is C26H33N3O5. The molecule has 3 amide bonds. The van der Waals surface area contributed by atoms with Gasteiger partial charge in [-0.05, 0) is 30.4 Å². The molecule has 2 aromatic rings. The van der Waals surface area contributed by atoms with Gasteiger partial charge in [0, 0.05) is 13.0 Å². The van der Waals surface area contributed by atoms with Crippen LogP contribution < -0.4 is 16.0 Å². The first-order chi connectivity index (χ1) is 16.3. The standard InChI is InChI=1S/C26H33N3O5/c1-4-27-25(32)23(30)21(16-19-11-7-5-8-12-19)28-24(31)22(15-18(2)3)29-26(33)34-17-20-13-9-6-10-14-20/h5-14,18,21-22H,4,15-17H2,1-3H3,(H,27,32)(H,28,31)(H,29,33)/t21-,22-/m0/s1. The van der Waals surface area contributed by atoms with Crippen LogP contribution in [-0.2, 0) is 32.1 Å². The highest BCUT2D eigenvalue weighted by Crippen LogP contribution is 2.09. The average molecular weight is 468 g/mol. The van der Waals surface area contributed by atoms with Crippen LogP contribution in [0.1, 0.15) is 38.3 Å². The van der Waals surface area contributed by atoms with Crippen LogP contribution in [0.3, 0.4) is 0 Å². The quantitative estimate of drug-likeness (QED) is 0.416. The van der Waals surface area contributed by atoms with Gasteiger partial charge in [-0.3, -0.25) is 14.4 Å². The van der Waals surface area contributed by atoms with E-state index < -0.39 is 35.8 Å². The van der Waals surface area contributed by atoms with Crippen LogP contribution in [0.2, 0.25) is 0 Å². The highest BCUT2D eigenvalue weighted by Gasteiger charge is 2.30. The molecule has 8 nitrogen and oxygen atoms in total.